The van der Waals surface area contributed by atoms with Gasteiger partial charge in [-0.3, -0.25) is 9.78 Å². The molecule has 2 aromatic heterocycles. The van der Waals surface area contributed by atoms with Crippen LogP contribution >= 0.6 is 0 Å². The molecular formula is C21H23N3O2. The minimum Gasteiger partial charge on any atom is -0.445 e. The van der Waals surface area contributed by atoms with Gasteiger partial charge in [-0.05, 0) is 24.5 Å². The molecule has 5 nitrogen and oxygen atoms in total. The smallest absolute Gasteiger partial charge is 0.254 e. The van der Waals surface area contributed by atoms with Crippen molar-refractivity contribution in [1.82, 2.24) is 14.9 Å². The third-order valence-corrected chi connectivity index (χ3v) is 4.87. The Morgan fingerprint density at radius 1 is 1.27 bits per heavy atom. The fourth-order valence-electron chi connectivity index (χ4n) is 3.40. The second-order valence-corrected chi connectivity index (χ2v) is 7.26. The van der Waals surface area contributed by atoms with Crippen LogP contribution in [0.5, 0.6) is 0 Å². The molecule has 5 heteroatoms. The van der Waals surface area contributed by atoms with Gasteiger partial charge in [0.1, 0.15) is 11.5 Å². The van der Waals surface area contributed by atoms with Gasteiger partial charge in [0, 0.05) is 31.0 Å². The number of aromatic nitrogens is 2. The van der Waals surface area contributed by atoms with E-state index in [1.54, 1.807) is 12.3 Å². The zero-order valence-electron chi connectivity index (χ0n) is 15.2. The third kappa shape index (κ3) is 3.21. The zero-order valence-corrected chi connectivity index (χ0v) is 15.2. The molecule has 0 bridgehead atoms. The summed E-state index contributed by atoms with van der Waals surface area (Å²) in [5, 5.41) is 0.892. The van der Waals surface area contributed by atoms with Gasteiger partial charge in [-0.1, -0.05) is 32.0 Å². The zero-order chi connectivity index (χ0) is 18.1. The van der Waals surface area contributed by atoms with Crippen molar-refractivity contribution in [1.29, 1.82) is 0 Å². The van der Waals surface area contributed by atoms with Crippen molar-refractivity contribution in [3.05, 3.63) is 59.4 Å². The number of hydrogen-bond acceptors (Lipinski definition) is 4. The number of amides is 1. The van der Waals surface area contributed by atoms with Crippen molar-refractivity contribution in [2.75, 3.05) is 6.54 Å². The summed E-state index contributed by atoms with van der Waals surface area (Å²) >= 11 is 0. The van der Waals surface area contributed by atoms with Gasteiger partial charge < -0.3 is 9.32 Å². The fraction of sp³-hybridized carbons (Fsp3) is 0.381. The molecule has 26 heavy (non-hydrogen) atoms. The quantitative estimate of drug-likeness (QED) is 0.714. The van der Waals surface area contributed by atoms with Crippen LogP contribution in [-0.2, 0) is 19.4 Å². The highest BCUT2D eigenvalue weighted by Gasteiger charge is 2.27. The Hall–Kier alpha value is -2.69. The van der Waals surface area contributed by atoms with Crippen LogP contribution in [0.3, 0.4) is 0 Å². The van der Waals surface area contributed by atoms with Crippen LogP contribution in [0, 0.1) is 5.92 Å². The molecule has 1 aliphatic rings. The van der Waals surface area contributed by atoms with Gasteiger partial charge >= 0.3 is 0 Å². The Bertz CT molecular complexity index is 940. The maximum Gasteiger partial charge on any atom is 0.254 e. The molecule has 1 aliphatic heterocycles. The lowest BCUT2D eigenvalue weighted by atomic mass is 10.1. The molecule has 3 heterocycles. The molecule has 0 fully saturated rings. The van der Waals surface area contributed by atoms with Crippen molar-refractivity contribution >= 4 is 16.8 Å². The van der Waals surface area contributed by atoms with E-state index >= 15 is 0 Å². The van der Waals surface area contributed by atoms with Crippen LogP contribution in [0.2, 0.25) is 0 Å². The van der Waals surface area contributed by atoms with Gasteiger partial charge in [0.05, 0.1) is 17.6 Å². The standard InChI is InChI=1S/C21H23N3O2/c1-14(2)7-8-20-23-18-13-24(12-10-19(18)26-20)21(25)16-9-11-22-17-6-4-3-5-15(16)17/h3-6,9,11,14H,7-8,10,12-13H2,1-2H3. The Labute approximate surface area is 153 Å². The maximum atomic E-state index is 13.1. The van der Waals surface area contributed by atoms with E-state index in [-0.39, 0.29) is 5.91 Å². The molecule has 0 saturated carbocycles. The van der Waals surface area contributed by atoms with Crippen molar-refractivity contribution in [2.45, 2.75) is 39.7 Å². The van der Waals surface area contributed by atoms with E-state index in [0.29, 0.717) is 24.6 Å². The number of pyridine rings is 1. The summed E-state index contributed by atoms with van der Waals surface area (Å²) in [6.45, 7) is 5.56. The average molecular weight is 349 g/mol. The number of benzene rings is 1. The summed E-state index contributed by atoms with van der Waals surface area (Å²) in [4.78, 5) is 23.9. The van der Waals surface area contributed by atoms with Gasteiger partial charge in [-0.2, -0.15) is 0 Å². The second kappa shape index (κ2) is 6.90. The summed E-state index contributed by atoms with van der Waals surface area (Å²) in [5.41, 5.74) is 2.44. The van der Waals surface area contributed by atoms with Gasteiger partial charge in [0.15, 0.2) is 5.89 Å². The first kappa shape index (κ1) is 16.8. The molecular weight excluding hydrogens is 326 g/mol. The molecule has 1 amide bonds. The lowest BCUT2D eigenvalue weighted by Gasteiger charge is -2.25. The van der Waals surface area contributed by atoms with Gasteiger partial charge in [0.2, 0.25) is 0 Å². The van der Waals surface area contributed by atoms with E-state index < -0.39 is 0 Å². The third-order valence-electron chi connectivity index (χ3n) is 4.87. The number of para-hydroxylation sites is 1. The predicted octanol–water partition coefficient (Wildman–Crippen LogP) is 4.01. The predicted molar refractivity (Wildman–Crippen MR) is 99.8 cm³/mol. The first-order chi connectivity index (χ1) is 12.6. The highest BCUT2D eigenvalue weighted by molar-refractivity contribution is 6.05. The van der Waals surface area contributed by atoms with E-state index in [1.807, 2.05) is 29.2 Å². The highest BCUT2D eigenvalue weighted by Crippen LogP contribution is 2.24. The van der Waals surface area contributed by atoms with Crippen LogP contribution < -0.4 is 0 Å². The SMILES string of the molecule is CC(C)CCc1nc2c(o1)CCN(C(=O)c1ccnc3ccccc13)C2. The molecule has 4 rings (SSSR count). The topological polar surface area (TPSA) is 59.2 Å². The summed E-state index contributed by atoms with van der Waals surface area (Å²) < 4.78 is 5.90. The van der Waals surface area contributed by atoms with E-state index in [1.165, 1.54) is 0 Å². The molecule has 0 radical (unpaired) electrons. The Kier molecular flexibility index (Phi) is 4.45. The van der Waals surface area contributed by atoms with Crippen LogP contribution in [0.25, 0.3) is 10.9 Å². The minimum atomic E-state index is 0.0287. The Morgan fingerprint density at radius 3 is 2.96 bits per heavy atom. The lowest BCUT2D eigenvalue weighted by molar-refractivity contribution is 0.0730. The number of carbonyl (C=O) groups is 1. The first-order valence-corrected chi connectivity index (χ1v) is 9.22. The summed E-state index contributed by atoms with van der Waals surface area (Å²) in [7, 11) is 0. The second-order valence-electron chi connectivity index (χ2n) is 7.26. The van der Waals surface area contributed by atoms with Gasteiger partial charge in [-0.25, -0.2) is 4.98 Å². The van der Waals surface area contributed by atoms with Crippen LogP contribution in [0.1, 0.15) is 48.0 Å². The molecule has 0 unspecified atom stereocenters. The Morgan fingerprint density at radius 2 is 2.12 bits per heavy atom. The summed E-state index contributed by atoms with van der Waals surface area (Å²) in [6.07, 6.45) is 4.34. The number of hydrogen-bond donors (Lipinski definition) is 0. The van der Waals surface area contributed by atoms with Crippen molar-refractivity contribution in [3.8, 4) is 0 Å². The molecule has 3 aromatic rings. The molecule has 0 saturated heterocycles. The first-order valence-electron chi connectivity index (χ1n) is 9.22. The summed E-state index contributed by atoms with van der Waals surface area (Å²) in [5.74, 6) is 2.39. The van der Waals surface area contributed by atoms with Crippen LogP contribution in [-0.4, -0.2) is 27.3 Å². The molecule has 0 aliphatic carbocycles. The molecule has 1 aromatic carbocycles. The van der Waals surface area contributed by atoms with Crippen molar-refractivity contribution < 1.29 is 9.21 Å². The van der Waals surface area contributed by atoms with Crippen molar-refractivity contribution in [2.24, 2.45) is 5.92 Å². The minimum absolute atomic E-state index is 0.0287. The van der Waals surface area contributed by atoms with Crippen LogP contribution in [0.4, 0.5) is 0 Å². The number of fused-ring (bicyclic) bond motifs is 2. The maximum absolute atomic E-state index is 13.1. The van der Waals surface area contributed by atoms with Gasteiger partial charge in [0.25, 0.3) is 5.91 Å². The number of nitrogens with zero attached hydrogens (tertiary/aromatic N) is 3. The number of aryl methyl sites for hydroxylation is 1. The molecule has 0 N–H and O–H groups in total. The molecule has 0 atom stereocenters. The highest BCUT2D eigenvalue weighted by atomic mass is 16.4. The van der Waals surface area contributed by atoms with E-state index in [4.69, 9.17) is 4.42 Å². The number of carbonyl (C=O) groups excluding carboxylic acids is 1. The van der Waals surface area contributed by atoms with E-state index in [2.05, 4.69) is 23.8 Å². The van der Waals surface area contributed by atoms with Crippen LogP contribution in [0.15, 0.2) is 40.9 Å². The van der Waals surface area contributed by atoms with E-state index in [0.717, 1.165) is 47.5 Å². The molecule has 0 spiro atoms. The molecule has 134 valence electrons. The van der Waals surface area contributed by atoms with Crippen molar-refractivity contribution in [3.63, 3.8) is 0 Å². The number of oxazole rings is 1. The van der Waals surface area contributed by atoms with E-state index in [9.17, 15) is 4.79 Å². The fourth-order valence-corrected chi connectivity index (χ4v) is 3.40. The monoisotopic (exact) mass is 349 g/mol. The average Bonchev–Trinajstić information content (AvgIpc) is 3.07. The largest absolute Gasteiger partial charge is 0.445 e. The Balaban J connectivity index is 1.55. The summed E-state index contributed by atoms with van der Waals surface area (Å²) in [6, 6.07) is 9.56. The lowest BCUT2D eigenvalue weighted by Crippen LogP contribution is -2.36. The number of rotatable bonds is 4. The van der Waals surface area contributed by atoms with Gasteiger partial charge in [-0.15, -0.1) is 0 Å². The normalized spacial score (nSPS) is 14.0.